The van der Waals surface area contributed by atoms with Crippen molar-refractivity contribution in [3.63, 3.8) is 0 Å². The third kappa shape index (κ3) is 3.26. The predicted molar refractivity (Wildman–Crippen MR) is 80.6 cm³/mol. The molecule has 1 heterocycles. The molecule has 2 aromatic rings. The quantitative estimate of drug-likeness (QED) is 0.823. The molecule has 1 aromatic heterocycles. The molecule has 7 heteroatoms. The van der Waals surface area contributed by atoms with Crippen molar-refractivity contribution in [1.82, 2.24) is 4.98 Å². The lowest BCUT2D eigenvalue weighted by molar-refractivity contribution is 0.0606. The second kappa shape index (κ2) is 5.90. The first-order valence-corrected chi connectivity index (χ1v) is 7.28. The average Bonchev–Trinajstić information content (AvgIpc) is 2.74. The maximum absolute atomic E-state index is 11.4. The number of benzene rings is 1. The molecule has 0 fully saturated rings. The normalized spacial score (nSPS) is 10.3. The van der Waals surface area contributed by atoms with Gasteiger partial charge in [-0.3, -0.25) is 0 Å². The van der Waals surface area contributed by atoms with Gasteiger partial charge in [0.1, 0.15) is 0 Å². The third-order valence-electron chi connectivity index (χ3n) is 2.38. The molecule has 1 aromatic carbocycles. The van der Waals surface area contributed by atoms with Gasteiger partial charge in [-0.15, -0.1) is 0 Å². The number of rotatable bonds is 3. The highest BCUT2D eigenvalue weighted by Crippen LogP contribution is 2.30. The van der Waals surface area contributed by atoms with E-state index in [1.807, 2.05) is 25.1 Å². The highest BCUT2D eigenvalue weighted by molar-refractivity contribution is 9.10. The van der Waals surface area contributed by atoms with Crippen LogP contribution in [0.1, 0.15) is 15.2 Å². The summed E-state index contributed by atoms with van der Waals surface area (Å²) in [6.07, 6.45) is 0. The van der Waals surface area contributed by atoms with E-state index in [9.17, 15) is 4.79 Å². The SMILES string of the molecule is COC(=O)c1sc(Nc2ccc(C)c(Br)c2)nc1Cl. The van der Waals surface area contributed by atoms with Crippen LogP contribution in [0.2, 0.25) is 5.15 Å². The minimum Gasteiger partial charge on any atom is -0.465 e. The Labute approximate surface area is 127 Å². The molecule has 0 aliphatic heterocycles. The molecule has 1 N–H and O–H groups in total. The Morgan fingerprint density at radius 1 is 1.53 bits per heavy atom. The molecule has 0 bridgehead atoms. The van der Waals surface area contributed by atoms with Crippen LogP contribution in [0, 0.1) is 6.92 Å². The molecular weight excluding hydrogens is 352 g/mol. The number of carbonyl (C=O) groups is 1. The van der Waals surface area contributed by atoms with E-state index in [1.54, 1.807) is 0 Å². The predicted octanol–water partition coefficient (Wildman–Crippen LogP) is 4.40. The number of halogens is 2. The molecule has 0 spiro atoms. The van der Waals surface area contributed by atoms with Gasteiger partial charge >= 0.3 is 5.97 Å². The van der Waals surface area contributed by atoms with Crippen LogP contribution in [0.25, 0.3) is 0 Å². The van der Waals surface area contributed by atoms with Crippen LogP contribution in [0.5, 0.6) is 0 Å². The molecule has 2 rings (SSSR count). The number of nitrogens with one attached hydrogen (secondary N) is 1. The van der Waals surface area contributed by atoms with Gasteiger partial charge in [-0.25, -0.2) is 9.78 Å². The van der Waals surface area contributed by atoms with Gasteiger partial charge in [-0.1, -0.05) is 44.9 Å². The summed E-state index contributed by atoms with van der Waals surface area (Å²) in [5.41, 5.74) is 2.00. The zero-order valence-electron chi connectivity index (χ0n) is 10.2. The van der Waals surface area contributed by atoms with Crippen LogP contribution in [-0.2, 0) is 4.74 Å². The van der Waals surface area contributed by atoms with E-state index in [0.29, 0.717) is 5.13 Å². The molecule has 0 amide bonds. The molecule has 19 heavy (non-hydrogen) atoms. The number of anilines is 2. The molecule has 0 saturated carbocycles. The van der Waals surface area contributed by atoms with Crippen molar-refractivity contribution in [2.75, 3.05) is 12.4 Å². The zero-order chi connectivity index (χ0) is 14.0. The monoisotopic (exact) mass is 360 g/mol. The molecule has 0 aliphatic rings. The average molecular weight is 362 g/mol. The highest BCUT2D eigenvalue weighted by Gasteiger charge is 2.17. The number of nitrogens with zero attached hydrogens (tertiary/aromatic N) is 1. The van der Waals surface area contributed by atoms with Crippen molar-refractivity contribution in [2.45, 2.75) is 6.92 Å². The summed E-state index contributed by atoms with van der Waals surface area (Å²) in [6.45, 7) is 2.00. The Kier molecular flexibility index (Phi) is 4.44. The molecule has 0 saturated heterocycles. The first-order valence-electron chi connectivity index (χ1n) is 5.29. The zero-order valence-corrected chi connectivity index (χ0v) is 13.3. The van der Waals surface area contributed by atoms with E-state index >= 15 is 0 Å². The maximum Gasteiger partial charge on any atom is 0.351 e. The van der Waals surface area contributed by atoms with Crippen molar-refractivity contribution in [2.24, 2.45) is 0 Å². The standard InChI is InChI=1S/C12H10BrClN2O2S/c1-6-3-4-7(5-8(6)13)15-12-16-10(14)9(19-12)11(17)18-2/h3-5H,1-2H3,(H,15,16). The summed E-state index contributed by atoms with van der Waals surface area (Å²) in [4.78, 5) is 15.8. The van der Waals surface area contributed by atoms with Crippen LogP contribution >= 0.6 is 38.9 Å². The van der Waals surface area contributed by atoms with Crippen LogP contribution < -0.4 is 5.32 Å². The largest absolute Gasteiger partial charge is 0.465 e. The molecule has 0 radical (unpaired) electrons. The topological polar surface area (TPSA) is 51.2 Å². The number of esters is 1. The fraction of sp³-hybridized carbons (Fsp3) is 0.167. The van der Waals surface area contributed by atoms with E-state index in [0.717, 1.165) is 27.1 Å². The van der Waals surface area contributed by atoms with E-state index < -0.39 is 5.97 Å². The number of aryl methyl sites for hydroxylation is 1. The van der Waals surface area contributed by atoms with Crippen LogP contribution in [0.4, 0.5) is 10.8 Å². The Bertz CT molecular complexity index is 630. The fourth-order valence-electron chi connectivity index (χ4n) is 1.37. The van der Waals surface area contributed by atoms with E-state index in [2.05, 4.69) is 31.0 Å². The number of hydrogen-bond acceptors (Lipinski definition) is 5. The fourth-order valence-corrected chi connectivity index (χ4v) is 2.87. The van der Waals surface area contributed by atoms with Gasteiger partial charge in [0.25, 0.3) is 0 Å². The highest BCUT2D eigenvalue weighted by atomic mass is 79.9. The molecule has 4 nitrogen and oxygen atoms in total. The van der Waals surface area contributed by atoms with Gasteiger partial charge < -0.3 is 10.1 Å². The summed E-state index contributed by atoms with van der Waals surface area (Å²) in [7, 11) is 1.31. The van der Waals surface area contributed by atoms with Crippen LogP contribution in [-0.4, -0.2) is 18.1 Å². The van der Waals surface area contributed by atoms with E-state index in [1.165, 1.54) is 7.11 Å². The number of hydrogen-bond donors (Lipinski definition) is 1. The second-order valence-electron chi connectivity index (χ2n) is 3.72. The Morgan fingerprint density at radius 2 is 2.26 bits per heavy atom. The lowest BCUT2D eigenvalue weighted by atomic mass is 10.2. The first kappa shape index (κ1) is 14.3. The maximum atomic E-state index is 11.4. The Balaban J connectivity index is 2.24. The van der Waals surface area contributed by atoms with E-state index in [-0.39, 0.29) is 10.0 Å². The van der Waals surface area contributed by atoms with Crippen LogP contribution in [0.15, 0.2) is 22.7 Å². The summed E-state index contributed by atoms with van der Waals surface area (Å²) < 4.78 is 5.62. The van der Waals surface area contributed by atoms with Crippen molar-refractivity contribution in [3.8, 4) is 0 Å². The second-order valence-corrected chi connectivity index (χ2v) is 5.93. The molecule has 100 valence electrons. The lowest BCUT2D eigenvalue weighted by Crippen LogP contribution is -1.98. The van der Waals surface area contributed by atoms with E-state index in [4.69, 9.17) is 11.6 Å². The van der Waals surface area contributed by atoms with Crippen molar-refractivity contribution < 1.29 is 9.53 Å². The molecule has 0 aliphatic carbocycles. The van der Waals surface area contributed by atoms with Gasteiger partial charge in [0.2, 0.25) is 0 Å². The van der Waals surface area contributed by atoms with Gasteiger partial charge in [0.15, 0.2) is 15.2 Å². The molecule has 0 unspecified atom stereocenters. The number of carbonyl (C=O) groups excluding carboxylic acids is 1. The number of aromatic nitrogens is 1. The number of methoxy groups -OCH3 is 1. The Morgan fingerprint density at radius 3 is 2.89 bits per heavy atom. The Hall–Kier alpha value is -1.11. The van der Waals surface area contributed by atoms with Gasteiger partial charge in [0.05, 0.1) is 7.11 Å². The smallest absolute Gasteiger partial charge is 0.351 e. The minimum atomic E-state index is -0.486. The first-order chi connectivity index (χ1) is 9.01. The summed E-state index contributed by atoms with van der Waals surface area (Å²) >= 11 is 10.5. The van der Waals surface area contributed by atoms with Crippen LogP contribution in [0.3, 0.4) is 0 Å². The van der Waals surface area contributed by atoms with Crippen molar-refractivity contribution >= 4 is 55.7 Å². The number of thiazole rings is 1. The molecular formula is C12H10BrClN2O2S. The molecule has 0 atom stereocenters. The number of ether oxygens (including phenoxy) is 1. The van der Waals surface area contributed by atoms with Gasteiger partial charge in [0, 0.05) is 10.2 Å². The van der Waals surface area contributed by atoms with Gasteiger partial charge in [-0.2, -0.15) is 0 Å². The summed E-state index contributed by atoms with van der Waals surface area (Å²) in [5, 5.41) is 3.78. The van der Waals surface area contributed by atoms with Gasteiger partial charge in [-0.05, 0) is 24.6 Å². The van der Waals surface area contributed by atoms with Crippen molar-refractivity contribution in [1.29, 1.82) is 0 Å². The summed E-state index contributed by atoms with van der Waals surface area (Å²) in [5.74, 6) is -0.486. The third-order valence-corrected chi connectivity index (χ3v) is 4.57. The minimum absolute atomic E-state index is 0.144. The summed E-state index contributed by atoms with van der Waals surface area (Å²) in [6, 6.07) is 5.83. The lowest BCUT2D eigenvalue weighted by Gasteiger charge is -2.04. The van der Waals surface area contributed by atoms with Crippen molar-refractivity contribution in [3.05, 3.63) is 38.3 Å².